The van der Waals surface area contributed by atoms with Crippen LogP contribution >= 0.6 is 27.3 Å². The Hall–Kier alpha value is -3.44. The quantitative estimate of drug-likeness (QED) is 0.217. The highest BCUT2D eigenvalue weighted by Crippen LogP contribution is 2.15. The number of halogens is 1. The van der Waals surface area contributed by atoms with Crippen LogP contribution in [0, 0.1) is 6.92 Å². The van der Waals surface area contributed by atoms with Gasteiger partial charge in [0.1, 0.15) is 5.01 Å². The van der Waals surface area contributed by atoms with E-state index >= 15 is 0 Å². The van der Waals surface area contributed by atoms with Gasteiger partial charge < -0.3 is 20.6 Å². The van der Waals surface area contributed by atoms with Crippen LogP contribution in [0.2, 0.25) is 0 Å². The summed E-state index contributed by atoms with van der Waals surface area (Å²) in [6.07, 6.45) is 3.06. The van der Waals surface area contributed by atoms with E-state index in [1.807, 2.05) is 48.7 Å². The van der Waals surface area contributed by atoms with Gasteiger partial charge in [0.25, 0.3) is 11.8 Å². The van der Waals surface area contributed by atoms with E-state index in [0.29, 0.717) is 30.6 Å². The highest BCUT2D eigenvalue weighted by atomic mass is 79.9. The summed E-state index contributed by atoms with van der Waals surface area (Å²) in [5.74, 6) is -0.557. The Morgan fingerprint density at radius 1 is 1.05 bits per heavy atom. The van der Waals surface area contributed by atoms with Crippen molar-refractivity contribution in [3.05, 3.63) is 116 Å². The van der Waals surface area contributed by atoms with Crippen molar-refractivity contribution in [3.8, 4) is 0 Å². The first-order chi connectivity index (χ1) is 19.3. The lowest BCUT2D eigenvalue weighted by Crippen LogP contribution is -2.48. The second kappa shape index (κ2) is 14.3. The average molecular weight is 623 g/mol. The van der Waals surface area contributed by atoms with Gasteiger partial charge in [0.05, 0.1) is 18.7 Å². The minimum absolute atomic E-state index is 0.199. The lowest BCUT2D eigenvalue weighted by molar-refractivity contribution is 0.0784. The van der Waals surface area contributed by atoms with Gasteiger partial charge >= 0.3 is 0 Å². The molecule has 40 heavy (non-hydrogen) atoms. The number of pyridine rings is 1. The molecule has 0 radical (unpaired) electrons. The second-order valence-electron chi connectivity index (χ2n) is 9.60. The number of hydrogen-bond acceptors (Lipinski definition) is 7. The van der Waals surface area contributed by atoms with Gasteiger partial charge in [-0.05, 0) is 64.7 Å². The molecule has 0 aliphatic heterocycles. The number of aromatic nitrogens is 2. The summed E-state index contributed by atoms with van der Waals surface area (Å²) in [5, 5.41) is 20.1. The Kier molecular flexibility index (Phi) is 10.5. The fourth-order valence-electron chi connectivity index (χ4n) is 4.23. The van der Waals surface area contributed by atoms with Crippen LogP contribution in [0.3, 0.4) is 0 Å². The van der Waals surface area contributed by atoms with Gasteiger partial charge in [0, 0.05) is 59.2 Å². The van der Waals surface area contributed by atoms with E-state index in [0.717, 1.165) is 26.3 Å². The van der Waals surface area contributed by atoms with E-state index in [4.69, 9.17) is 0 Å². The highest BCUT2D eigenvalue weighted by molar-refractivity contribution is 9.10. The van der Waals surface area contributed by atoms with Crippen molar-refractivity contribution in [1.82, 2.24) is 25.5 Å². The van der Waals surface area contributed by atoms with Crippen molar-refractivity contribution >= 4 is 39.1 Å². The predicted molar refractivity (Wildman–Crippen MR) is 160 cm³/mol. The number of benzene rings is 2. The molecule has 2 amide bonds. The Bertz CT molecular complexity index is 1430. The summed E-state index contributed by atoms with van der Waals surface area (Å²) >= 11 is 4.93. The van der Waals surface area contributed by atoms with Gasteiger partial charge in [-0.15, -0.1) is 11.3 Å². The molecule has 2 atom stereocenters. The van der Waals surface area contributed by atoms with E-state index in [1.54, 1.807) is 48.6 Å². The summed E-state index contributed by atoms with van der Waals surface area (Å²) in [4.78, 5) is 36.6. The molecule has 2 aromatic heterocycles. The van der Waals surface area contributed by atoms with Gasteiger partial charge in [0.2, 0.25) is 0 Å². The van der Waals surface area contributed by atoms with Crippen LogP contribution in [-0.2, 0) is 19.5 Å². The van der Waals surface area contributed by atoms with E-state index < -0.39 is 12.1 Å². The normalized spacial score (nSPS) is 12.5. The van der Waals surface area contributed by atoms with E-state index in [2.05, 4.69) is 36.5 Å². The summed E-state index contributed by atoms with van der Waals surface area (Å²) < 4.78 is 0.881. The van der Waals surface area contributed by atoms with E-state index in [9.17, 15) is 14.7 Å². The van der Waals surface area contributed by atoms with Crippen LogP contribution in [-0.4, -0.2) is 57.5 Å². The smallest absolute Gasteiger partial charge is 0.253 e. The number of nitrogens with one attached hydrogen (secondary N) is 2. The molecule has 0 aliphatic rings. The molecule has 0 spiro atoms. The van der Waals surface area contributed by atoms with Crippen molar-refractivity contribution in [3.63, 3.8) is 0 Å². The number of hydrogen-bond donors (Lipinski definition) is 3. The zero-order valence-corrected chi connectivity index (χ0v) is 24.8. The predicted octanol–water partition coefficient (Wildman–Crippen LogP) is 4.37. The van der Waals surface area contributed by atoms with Gasteiger partial charge in [-0.3, -0.25) is 14.6 Å². The van der Waals surface area contributed by atoms with Crippen LogP contribution in [0.1, 0.15) is 42.5 Å². The molecule has 2 aromatic carbocycles. The van der Waals surface area contributed by atoms with Crippen molar-refractivity contribution < 1.29 is 14.7 Å². The Morgan fingerprint density at radius 3 is 2.55 bits per heavy atom. The van der Waals surface area contributed by atoms with Gasteiger partial charge in [-0.25, -0.2) is 4.98 Å². The first-order valence-electron chi connectivity index (χ1n) is 12.9. The minimum atomic E-state index is -0.859. The minimum Gasteiger partial charge on any atom is -0.390 e. The maximum absolute atomic E-state index is 13.3. The maximum atomic E-state index is 13.3. The van der Waals surface area contributed by atoms with Crippen molar-refractivity contribution in [2.24, 2.45) is 0 Å². The molecule has 4 aromatic rings. The van der Waals surface area contributed by atoms with Crippen molar-refractivity contribution in [2.75, 3.05) is 13.6 Å². The highest BCUT2D eigenvalue weighted by Gasteiger charge is 2.23. The first kappa shape index (κ1) is 29.5. The number of carbonyl (C=O) groups excluding carboxylic acids is 2. The molecule has 8 nitrogen and oxygen atoms in total. The fraction of sp³-hybridized carbons (Fsp3) is 0.267. The summed E-state index contributed by atoms with van der Waals surface area (Å²) in [6, 6.07) is 17.8. The largest absolute Gasteiger partial charge is 0.390 e. The zero-order valence-electron chi connectivity index (χ0n) is 22.4. The Labute approximate surface area is 246 Å². The summed E-state index contributed by atoms with van der Waals surface area (Å²) in [7, 11) is 1.72. The number of aliphatic hydroxyl groups excluding tert-OH is 1. The zero-order chi connectivity index (χ0) is 28.5. The number of aliphatic hydroxyl groups is 1. The second-order valence-corrected chi connectivity index (χ2v) is 11.5. The van der Waals surface area contributed by atoms with Crippen LogP contribution in [0.4, 0.5) is 0 Å². The lowest BCUT2D eigenvalue weighted by atomic mass is 10.00. The van der Waals surface area contributed by atoms with Gasteiger partial charge in [-0.1, -0.05) is 36.4 Å². The molecule has 2 heterocycles. The van der Waals surface area contributed by atoms with Gasteiger partial charge in [-0.2, -0.15) is 0 Å². The third kappa shape index (κ3) is 8.53. The van der Waals surface area contributed by atoms with Crippen molar-refractivity contribution in [1.29, 1.82) is 0 Å². The van der Waals surface area contributed by atoms with Crippen LogP contribution in [0.5, 0.6) is 0 Å². The standard InChI is InChI=1S/C30H32BrN5O3S/c1-20-19-40-28(34-20)18-36(2)30(39)24-10-6-9-23(13-24)29(38)35-26(12-21-7-4-3-5-8-21)27(37)17-33-15-22-11-25(31)16-32-14-22/h3-11,13-14,16,19,26-27,33,37H,12,15,17-18H2,1-2H3,(H,35,38)/t26-,27+/m0/s1. The maximum Gasteiger partial charge on any atom is 0.253 e. The molecule has 0 fully saturated rings. The number of aryl methyl sites for hydroxylation is 1. The molecule has 208 valence electrons. The SMILES string of the molecule is Cc1csc(CN(C)C(=O)c2cccc(C(=O)N[C@@H](Cc3ccccc3)[C@H](O)CNCc3cncc(Br)c3)c2)n1. The number of amides is 2. The van der Waals surface area contributed by atoms with E-state index in [1.165, 1.54) is 11.3 Å². The van der Waals surface area contributed by atoms with Crippen LogP contribution < -0.4 is 10.6 Å². The molecule has 0 unspecified atom stereocenters. The third-order valence-corrected chi connectivity index (χ3v) is 7.67. The molecule has 3 N–H and O–H groups in total. The fourth-order valence-corrected chi connectivity index (χ4v) is 5.46. The molecule has 0 saturated carbocycles. The first-order valence-corrected chi connectivity index (χ1v) is 14.6. The molecule has 0 bridgehead atoms. The summed E-state index contributed by atoms with van der Waals surface area (Å²) in [6.45, 7) is 3.10. The molecule has 4 rings (SSSR count). The van der Waals surface area contributed by atoms with Crippen LogP contribution in [0.25, 0.3) is 0 Å². The molecule has 0 aliphatic carbocycles. The Balaban J connectivity index is 1.42. The van der Waals surface area contributed by atoms with E-state index in [-0.39, 0.29) is 18.4 Å². The lowest BCUT2D eigenvalue weighted by Gasteiger charge is -2.25. The number of nitrogens with zero attached hydrogens (tertiary/aromatic N) is 3. The molecular weight excluding hydrogens is 590 g/mol. The average Bonchev–Trinajstić information content (AvgIpc) is 3.37. The molecule has 10 heteroatoms. The Morgan fingerprint density at radius 2 is 1.82 bits per heavy atom. The third-order valence-electron chi connectivity index (χ3n) is 6.28. The van der Waals surface area contributed by atoms with Crippen molar-refractivity contribution in [2.45, 2.75) is 38.6 Å². The summed E-state index contributed by atoms with van der Waals surface area (Å²) in [5.41, 5.74) is 3.65. The molecule has 0 saturated heterocycles. The number of carbonyl (C=O) groups is 2. The number of rotatable bonds is 12. The topological polar surface area (TPSA) is 107 Å². The monoisotopic (exact) mass is 621 g/mol. The van der Waals surface area contributed by atoms with Crippen LogP contribution in [0.15, 0.2) is 82.9 Å². The van der Waals surface area contributed by atoms with Gasteiger partial charge in [0.15, 0.2) is 0 Å². The molecular formula is C30H32BrN5O3S. The number of thiazole rings is 1.